The van der Waals surface area contributed by atoms with Crippen LogP contribution in [0.25, 0.3) is 0 Å². The van der Waals surface area contributed by atoms with Crippen LogP contribution in [0.15, 0.2) is 22.7 Å². The second-order valence-corrected chi connectivity index (χ2v) is 5.24. The molecule has 96 valence electrons. The van der Waals surface area contributed by atoms with Crippen LogP contribution in [0, 0.1) is 5.92 Å². The normalized spacial score (nSPS) is 14.4. The molecule has 1 aromatic rings. The predicted octanol–water partition coefficient (Wildman–Crippen LogP) is 4.32. The first-order valence-corrected chi connectivity index (χ1v) is 6.99. The minimum Gasteiger partial charge on any atom is -0.493 e. The van der Waals surface area contributed by atoms with Gasteiger partial charge in [-0.25, -0.2) is 0 Å². The van der Waals surface area contributed by atoms with Gasteiger partial charge >= 0.3 is 0 Å². The van der Waals surface area contributed by atoms with E-state index in [2.05, 4.69) is 29.8 Å². The van der Waals surface area contributed by atoms with Gasteiger partial charge in [-0.3, -0.25) is 0 Å². The van der Waals surface area contributed by atoms with Gasteiger partial charge in [-0.05, 0) is 37.5 Å². The van der Waals surface area contributed by atoms with E-state index in [-0.39, 0.29) is 5.92 Å². The number of ether oxygens (including phenoxy) is 1. The van der Waals surface area contributed by atoms with Gasteiger partial charge in [0.2, 0.25) is 0 Å². The van der Waals surface area contributed by atoms with Gasteiger partial charge in [0.25, 0.3) is 0 Å². The minimum atomic E-state index is -0.464. The Kier molecular flexibility index (Phi) is 6.00. The molecular weight excluding hydrogens is 280 g/mol. The van der Waals surface area contributed by atoms with E-state index in [4.69, 9.17) is 4.74 Å². The Bertz CT molecular complexity index is 352. The van der Waals surface area contributed by atoms with E-state index in [0.717, 1.165) is 28.6 Å². The van der Waals surface area contributed by atoms with Crippen molar-refractivity contribution in [3.05, 3.63) is 28.2 Å². The smallest absolute Gasteiger partial charge is 0.125 e. The van der Waals surface area contributed by atoms with Crippen molar-refractivity contribution in [2.24, 2.45) is 5.92 Å². The second-order valence-electron chi connectivity index (χ2n) is 4.33. The molecule has 1 N–H and O–H groups in total. The Hall–Kier alpha value is -0.540. The Morgan fingerprint density at radius 3 is 2.65 bits per heavy atom. The molecule has 0 bridgehead atoms. The van der Waals surface area contributed by atoms with E-state index in [1.807, 2.05) is 25.1 Å². The zero-order valence-electron chi connectivity index (χ0n) is 10.7. The van der Waals surface area contributed by atoms with E-state index in [0.29, 0.717) is 6.61 Å². The van der Waals surface area contributed by atoms with Crippen molar-refractivity contribution in [1.29, 1.82) is 0 Å². The predicted molar refractivity (Wildman–Crippen MR) is 74.3 cm³/mol. The standard InChI is InChI=1S/C14H21BrO2/c1-4-6-10(3)14(16)12-9-11(15)7-8-13(12)17-5-2/h7-10,14,16H,4-6H2,1-3H3. The molecule has 0 saturated carbocycles. The first-order chi connectivity index (χ1) is 8.10. The van der Waals surface area contributed by atoms with Crippen LogP contribution in [-0.4, -0.2) is 11.7 Å². The molecule has 3 heteroatoms. The van der Waals surface area contributed by atoms with E-state index in [9.17, 15) is 5.11 Å². The Balaban J connectivity index is 2.96. The fourth-order valence-corrected chi connectivity index (χ4v) is 2.34. The van der Waals surface area contributed by atoms with Crippen molar-refractivity contribution in [3.8, 4) is 5.75 Å². The lowest BCUT2D eigenvalue weighted by atomic mass is 9.93. The summed E-state index contributed by atoms with van der Waals surface area (Å²) >= 11 is 3.44. The van der Waals surface area contributed by atoms with Gasteiger partial charge in [-0.2, -0.15) is 0 Å². The molecular formula is C14H21BrO2. The van der Waals surface area contributed by atoms with Crippen molar-refractivity contribution in [1.82, 2.24) is 0 Å². The fourth-order valence-electron chi connectivity index (χ4n) is 1.96. The number of rotatable bonds is 6. The first kappa shape index (κ1) is 14.5. The molecule has 17 heavy (non-hydrogen) atoms. The molecule has 1 rings (SSSR count). The van der Waals surface area contributed by atoms with Crippen LogP contribution in [0.1, 0.15) is 45.3 Å². The zero-order valence-corrected chi connectivity index (χ0v) is 12.3. The molecule has 0 amide bonds. The first-order valence-electron chi connectivity index (χ1n) is 6.20. The maximum Gasteiger partial charge on any atom is 0.125 e. The number of hydrogen-bond donors (Lipinski definition) is 1. The average Bonchev–Trinajstić information content (AvgIpc) is 2.31. The summed E-state index contributed by atoms with van der Waals surface area (Å²) in [5.41, 5.74) is 0.877. The Morgan fingerprint density at radius 2 is 2.06 bits per heavy atom. The zero-order chi connectivity index (χ0) is 12.8. The second kappa shape index (κ2) is 7.02. The number of hydrogen-bond acceptors (Lipinski definition) is 2. The van der Waals surface area contributed by atoms with Crippen molar-refractivity contribution in [2.75, 3.05) is 6.61 Å². The quantitative estimate of drug-likeness (QED) is 0.848. The summed E-state index contributed by atoms with van der Waals surface area (Å²) in [4.78, 5) is 0. The highest BCUT2D eigenvalue weighted by Crippen LogP contribution is 2.34. The van der Waals surface area contributed by atoms with Crippen LogP contribution in [0.5, 0.6) is 5.75 Å². The summed E-state index contributed by atoms with van der Waals surface area (Å²) in [7, 11) is 0. The largest absolute Gasteiger partial charge is 0.493 e. The molecule has 1 aromatic carbocycles. The molecule has 0 spiro atoms. The molecule has 0 aliphatic carbocycles. The van der Waals surface area contributed by atoms with E-state index < -0.39 is 6.10 Å². The van der Waals surface area contributed by atoms with Crippen LogP contribution in [0.3, 0.4) is 0 Å². The third-order valence-corrected chi connectivity index (χ3v) is 3.37. The third kappa shape index (κ3) is 4.00. The van der Waals surface area contributed by atoms with Crippen LogP contribution in [-0.2, 0) is 0 Å². The summed E-state index contributed by atoms with van der Waals surface area (Å²) < 4.78 is 6.53. The SMILES string of the molecule is CCCC(C)C(O)c1cc(Br)ccc1OCC. The highest BCUT2D eigenvalue weighted by molar-refractivity contribution is 9.10. The van der Waals surface area contributed by atoms with Gasteiger partial charge in [-0.15, -0.1) is 0 Å². The molecule has 0 aromatic heterocycles. The molecule has 0 aliphatic heterocycles. The van der Waals surface area contributed by atoms with Crippen LogP contribution < -0.4 is 4.74 Å². The summed E-state index contributed by atoms with van der Waals surface area (Å²) in [6.45, 7) is 6.77. The number of benzene rings is 1. The van der Waals surface area contributed by atoms with Gasteiger partial charge in [0.1, 0.15) is 5.75 Å². The Morgan fingerprint density at radius 1 is 1.35 bits per heavy atom. The Labute approximate surface area is 112 Å². The lowest BCUT2D eigenvalue weighted by molar-refractivity contribution is 0.108. The molecule has 2 nitrogen and oxygen atoms in total. The molecule has 2 atom stereocenters. The van der Waals surface area contributed by atoms with Gasteiger partial charge in [0.15, 0.2) is 0 Å². The van der Waals surface area contributed by atoms with Crippen molar-refractivity contribution in [2.45, 2.75) is 39.7 Å². The van der Waals surface area contributed by atoms with Crippen LogP contribution >= 0.6 is 15.9 Å². The van der Waals surface area contributed by atoms with Gasteiger partial charge < -0.3 is 9.84 Å². The molecule has 0 aliphatic rings. The third-order valence-electron chi connectivity index (χ3n) is 2.87. The molecule has 2 unspecified atom stereocenters. The van der Waals surface area contributed by atoms with Gasteiger partial charge in [-0.1, -0.05) is 36.2 Å². The molecule has 0 radical (unpaired) electrons. The highest BCUT2D eigenvalue weighted by atomic mass is 79.9. The highest BCUT2D eigenvalue weighted by Gasteiger charge is 2.19. The summed E-state index contributed by atoms with van der Waals surface area (Å²) in [5.74, 6) is 1.03. The molecule has 0 heterocycles. The van der Waals surface area contributed by atoms with Crippen molar-refractivity contribution < 1.29 is 9.84 Å². The topological polar surface area (TPSA) is 29.5 Å². The molecule has 0 saturated heterocycles. The van der Waals surface area contributed by atoms with Crippen LogP contribution in [0.2, 0.25) is 0 Å². The minimum absolute atomic E-state index is 0.244. The molecule has 0 fully saturated rings. The average molecular weight is 301 g/mol. The lowest BCUT2D eigenvalue weighted by Gasteiger charge is -2.21. The van der Waals surface area contributed by atoms with E-state index >= 15 is 0 Å². The van der Waals surface area contributed by atoms with Crippen molar-refractivity contribution in [3.63, 3.8) is 0 Å². The van der Waals surface area contributed by atoms with E-state index in [1.165, 1.54) is 0 Å². The van der Waals surface area contributed by atoms with Crippen molar-refractivity contribution >= 4 is 15.9 Å². The summed E-state index contributed by atoms with van der Waals surface area (Å²) in [6.07, 6.45) is 1.63. The maximum absolute atomic E-state index is 10.4. The fraction of sp³-hybridized carbons (Fsp3) is 0.571. The number of halogens is 1. The monoisotopic (exact) mass is 300 g/mol. The van der Waals surface area contributed by atoms with Gasteiger partial charge in [0.05, 0.1) is 12.7 Å². The van der Waals surface area contributed by atoms with Gasteiger partial charge in [0, 0.05) is 10.0 Å². The number of aliphatic hydroxyl groups is 1. The summed E-state index contributed by atoms with van der Waals surface area (Å²) in [5, 5.41) is 10.4. The van der Waals surface area contributed by atoms with Crippen LogP contribution in [0.4, 0.5) is 0 Å². The lowest BCUT2D eigenvalue weighted by Crippen LogP contribution is -2.11. The van der Waals surface area contributed by atoms with E-state index in [1.54, 1.807) is 0 Å². The number of aliphatic hydroxyl groups excluding tert-OH is 1. The maximum atomic E-state index is 10.4. The summed E-state index contributed by atoms with van der Waals surface area (Å²) in [6, 6.07) is 5.79.